The van der Waals surface area contributed by atoms with Crippen molar-refractivity contribution in [2.24, 2.45) is 0 Å². The zero-order chi connectivity index (χ0) is 44.6. The van der Waals surface area contributed by atoms with Crippen LogP contribution in [0, 0.1) is 20.8 Å². The summed E-state index contributed by atoms with van der Waals surface area (Å²) in [5.74, 6) is 0.356. The van der Waals surface area contributed by atoms with Crippen LogP contribution in [0.5, 0.6) is 0 Å². The lowest BCUT2D eigenvalue weighted by atomic mass is 9.68. The Labute approximate surface area is 393 Å². The molecule has 3 heterocycles. The maximum absolute atomic E-state index is 3.55. The van der Waals surface area contributed by atoms with Crippen molar-refractivity contribution in [1.29, 1.82) is 0 Å². The standard InChI is InChI=1S/C61H69BrN2/c1-7-10-21-50-40-46(6)55(41-45(50)5)52-32-35-54-57(43-52)60-23-16-18-38-64(60)61(8-2,9-3)58(54)36-39-63-37-17-15-22-59(63)56-42-51(29-24-44(56)4)49-30-25-47(26-31-49)19-13-11-12-14-20-48-27-33-53(62)34-28-48/h15-18,22-35,37-38,40-43,58H,7-14,19-21,36,39H2,1-6H3/q+2. The number of hydrogen-bond donors (Lipinski definition) is 0. The first-order valence-corrected chi connectivity index (χ1v) is 25.2. The lowest BCUT2D eigenvalue weighted by Gasteiger charge is -2.40. The monoisotopic (exact) mass is 908 g/mol. The van der Waals surface area contributed by atoms with Gasteiger partial charge in [-0.25, -0.2) is 0 Å². The Hall–Kier alpha value is -5.12. The summed E-state index contributed by atoms with van der Waals surface area (Å²) in [4.78, 5) is 0. The largest absolute Gasteiger partial charge is 0.213 e. The van der Waals surface area contributed by atoms with Gasteiger partial charge in [-0.15, -0.1) is 0 Å². The molecule has 0 aliphatic carbocycles. The van der Waals surface area contributed by atoms with Gasteiger partial charge in [-0.2, -0.15) is 9.13 Å². The summed E-state index contributed by atoms with van der Waals surface area (Å²) in [6, 6.07) is 51.0. The minimum absolute atomic E-state index is 0.0174. The van der Waals surface area contributed by atoms with E-state index in [0.717, 1.165) is 43.1 Å². The highest BCUT2D eigenvalue weighted by Crippen LogP contribution is 2.48. The molecule has 2 nitrogen and oxygen atoms in total. The molecule has 0 fully saturated rings. The highest BCUT2D eigenvalue weighted by molar-refractivity contribution is 9.10. The zero-order valence-corrected chi connectivity index (χ0v) is 41.0. The lowest BCUT2D eigenvalue weighted by Crippen LogP contribution is -2.62. The van der Waals surface area contributed by atoms with Crippen LogP contribution < -0.4 is 9.13 Å². The number of aromatic nitrogens is 2. The van der Waals surface area contributed by atoms with Gasteiger partial charge in [-0.1, -0.05) is 129 Å². The molecule has 1 aliphatic heterocycles. The third-order valence-electron chi connectivity index (χ3n) is 14.7. The van der Waals surface area contributed by atoms with Crippen LogP contribution in [0.4, 0.5) is 0 Å². The molecular formula is C61H69BrN2+2. The SMILES string of the molecule is CCCCc1cc(C)c(-c2ccc3c(c2)-c2cccc[n+]2C(CC)(CC)C3CC[n+]2ccccc2-c2cc(-c3ccc(CCCCCCc4ccc(Br)cc4)cc3)ccc2C)cc1C. The van der Waals surface area contributed by atoms with Crippen molar-refractivity contribution >= 4 is 15.9 Å². The van der Waals surface area contributed by atoms with Crippen LogP contribution >= 0.6 is 15.9 Å². The van der Waals surface area contributed by atoms with E-state index >= 15 is 0 Å². The van der Waals surface area contributed by atoms with Gasteiger partial charge >= 0.3 is 0 Å². The maximum Gasteiger partial charge on any atom is 0.213 e. The molecule has 328 valence electrons. The molecule has 0 saturated carbocycles. The molecule has 0 amide bonds. The molecule has 2 aromatic heterocycles. The minimum Gasteiger partial charge on any atom is -0.198 e. The van der Waals surface area contributed by atoms with Gasteiger partial charge in [-0.05, 0) is 157 Å². The van der Waals surface area contributed by atoms with E-state index in [1.807, 2.05) is 0 Å². The van der Waals surface area contributed by atoms with Crippen molar-refractivity contribution in [2.75, 3.05) is 0 Å². The van der Waals surface area contributed by atoms with Crippen LogP contribution in [0.3, 0.4) is 0 Å². The fraction of sp³-hybridized carbons (Fsp3) is 0.344. The predicted octanol–water partition coefficient (Wildman–Crippen LogP) is 16.0. The zero-order valence-electron chi connectivity index (χ0n) is 39.4. The average molecular weight is 910 g/mol. The van der Waals surface area contributed by atoms with Crippen LogP contribution in [0.2, 0.25) is 0 Å². The van der Waals surface area contributed by atoms with Gasteiger partial charge in [0.15, 0.2) is 17.9 Å². The number of nitrogens with zero attached hydrogens (tertiary/aromatic N) is 2. The maximum atomic E-state index is 3.55. The van der Waals surface area contributed by atoms with Crippen LogP contribution in [-0.4, -0.2) is 0 Å². The van der Waals surface area contributed by atoms with E-state index in [4.69, 9.17) is 0 Å². The molecule has 64 heavy (non-hydrogen) atoms. The molecule has 1 unspecified atom stereocenters. The van der Waals surface area contributed by atoms with E-state index in [1.54, 1.807) is 0 Å². The molecule has 0 saturated heterocycles. The summed E-state index contributed by atoms with van der Waals surface area (Å²) in [6.45, 7) is 14.9. The summed E-state index contributed by atoms with van der Waals surface area (Å²) in [5, 5.41) is 0. The molecular weight excluding hydrogens is 841 g/mol. The number of unbranched alkanes of at least 4 members (excludes halogenated alkanes) is 4. The Kier molecular flexibility index (Phi) is 14.8. The predicted molar refractivity (Wildman–Crippen MR) is 274 cm³/mol. The van der Waals surface area contributed by atoms with Crippen molar-refractivity contribution < 1.29 is 9.13 Å². The number of benzene rings is 5. The molecule has 7 aromatic rings. The summed E-state index contributed by atoms with van der Waals surface area (Å²) in [6.07, 6.45) is 18.9. The molecule has 5 aromatic carbocycles. The fourth-order valence-electron chi connectivity index (χ4n) is 10.9. The van der Waals surface area contributed by atoms with E-state index in [9.17, 15) is 0 Å². The molecule has 0 radical (unpaired) electrons. The molecule has 1 atom stereocenters. The molecule has 0 spiro atoms. The highest BCUT2D eigenvalue weighted by atomic mass is 79.9. The smallest absolute Gasteiger partial charge is 0.198 e. The van der Waals surface area contributed by atoms with Crippen molar-refractivity contribution in [1.82, 2.24) is 0 Å². The Morgan fingerprint density at radius 3 is 1.86 bits per heavy atom. The van der Waals surface area contributed by atoms with Crippen LogP contribution in [-0.2, 0) is 31.3 Å². The average Bonchev–Trinajstić information content (AvgIpc) is 3.33. The number of aryl methyl sites for hydroxylation is 7. The Bertz CT molecular complexity index is 2670. The Balaban J connectivity index is 1.02. The van der Waals surface area contributed by atoms with Gasteiger partial charge < -0.3 is 0 Å². The molecule has 1 aliphatic rings. The molecule has 3 heteroatoms. The van der Waals surface area contributed by atoms with Gasteiger partial charge in [0, 0.05) is 53.6 Å². The number of halogens is 1. The third-order valence-corrected chi connectivity index (χ3v) is 15.2. The first-order valence-electron chi connectivity index (χ1n) is 24.4. The van der Waals surface area contributed by atoms with E-state index < -0.39 is 0 Å². The summed E-state index contributed by atoms with van der Waals surface area (Å²) >= 11 is 3.55. The van der Waals surface area contributed by atoms with Gasteiger partial charge in [0.2, 0.25) is 11.4 Å². The van der Waals surface area contributed by atoms with Crippen LogP contribution in [0.25, 0.3) is 44.8 Å². The lowest BCUT2D eigenvalue weighted by molar-refractivity contribution is -0.765. The summed E-state index contributed by atoms with van der Waals surface area (Å²) in [7, 11) is 0. The second-order valence-corrected chi connectivity index (χ2v) is 19.6. The van der Waals surface area contributed by atoms with Gasteiger partial charge in [0.25, 0.3) is 0 Å². The molecule has 0 N–H and O–H groups in total. The van der Waals surface area contributed by atoms with E-state index in [-0.39, 0.29) is 5.54 Å². The number of fused-ring (bicyclic) bond motifs is 3. The van der Waals surface area contributed by atoms with Crippen LogP contribution in [0.1, 0.15) is 123 Å². The number of pyridine rings is 2. The summed E-state index contributed by atoms with van der Waals surface area (Å²) in [5.41, 5.74) is 20.5. The number of hydrogen-bond acceptors (Lipinski definition) is 0. The van der Waals surface area contributed by atoms with E-state index in [2.05, 4.69) is 212 Å². The van der Waals surface area contributed by atoms with Crippen molar-refractivity contribution in [3.05, 3.63) is 189 Å². The van der Waals surface area contributed by atoms with Gasteiger partial charge in [0.1, 0.15) is 6.54 Å². The molecule has 0 bridgehead atoms. The first-order chi connectivity index (χ1) is 31.2. The second-order valence-electron chi connectivity index (χ2n) is 18.7. The van der Waals surface area contributed by atoms with Crippen LogP contribution in [0.15, 0.2) is 150 Å². The van der Waals surface area contributed by atoms with Crippen molar-refractivity contribution in [2.45, 2.75) is 137 Å². The Morgan fingerprint density at radius 2 is 1.16 bits per heavy atom. The topological polar surface area (TPSA) is 7.76 Å². The minimum atomic E-state index is -0.0174. The normalized spacial score (nSPS) is 14.0. The number of rotatable bonds is 18. The van der Waals surface area contributed by atoms with Gasteiger partial charge in [-0.3, -0.25) is 0 Å². The molecule has 8 rings (SSSR count). The van der Waals surface area contributed by atoms with E-state index in [1.165, 1.54) is 129 Å². The van der Waals surface area contributed by atoms with Crippen molar-refractivity contribution in [3.63, 3.8) is 0 Å². The quantitative estimate of drug-likeness (QED) is 0.0599. The van der Waals surface area contributed by atoms with Crippen molar-refractivity contribution in [3.8, 4) is 44.8 Å². The third kappa shape index (κ3) is 9.76. The summed E-state index contributed by atoms with van der Waals surface area (Å²) < 4.78 is 6.33. The van der Waals surface area contributed by atoms with E-state index in [0.29, 0.717) is 5.92 Å². The highest BCUT2D eigenvalue weighted by Gasteiger charge is 2.51. The Morgan fingerprint density at radius 1 is 0.516 bits per heavy atom. The van der Waals surface area contributed by atoms with Gasteiger partial charge in [0.05, 0.1) is 11.5 Å². The second kappa shape index (κ2) is 20.8. The fourth-order valence-corrected chi connectivity index (χ4v) is 11.1. The first kappa shape index (κ1) is 45.4.